The molecule has 9 heteroatoms. The number of benzene rings is 2. The second-order valence-corrected chi connectivity index (χ2v) is 7.14. The fourth-order valence-corrected chi connectivity index (χ4v) is 2.82. The lowest BCUT2D eigenvalue weighted by Crippen LogP contribution is -2.19. The van der Waals surface area contributed by atoms with E-state index in [2.05, 4.69) is 38.2 Å². The molecule has 3 aromatic rings. The highest BCUT2D eigenvalue weighted by Gasteiger charge is 2.34. The van der Waals surface area contributed by atoms with Gasteiger partial charge in [-0.15, -0.1) is 0 Å². The number of hydrogen-bond acceptors (Lipinski definition) is 3. The van der Waals surface area contributed by atoms with Gasteiger partial charge in [-0.05, 0) is 65.1 Å². The average molecular weight is 511 g/mol. The molecule has 2 amide bonds. The van der Waals surface area contributed by atoms with Crippen LogP contribution in [0.4, 0.5) is 24.7 Å². The minimum atomic E-state index is -4.66. The summed E-state index contributed by atoms with van der Waals surface area (Å²) in [6, 6.07) is 13.8. The van der Waals surface area contributed by atoms with Gasteiger partial charge in [0, 0.05) is 21.0 Å². The summed E-state index contributed by atoms with van der Waals surface area (Å²) in [6.07, 6.45) is -3.07. The molecule has 5 nitrogen and oxygen atoms in total. The molecule has 3 rings (SSSR count). The summed E-state index contributed by atoms with van der Waals surface area (Å²) in [5.74, 6) is -1.04. The van der Waals surface area contributed by atoms with Crippen molar-refractivity contribution in [2.45, 2.75) is 6.18 Å². The Hall–Kier alpha value is -2.95. The lowest BCUT2D eigenvalue weighted by molar-refractivity contribution is -0.137. The molecule has 0 aliphatic rings. The number of pyridine rings is 1. The largest absolute Gasteiger partial charge is 0.417 e. The van der Waals surface area contributed by atoms with Gasteiger partial charge in [-0.2, -0.15) is 13.2 Å². The van der Waals surface area contributed by atoms with Crippen LogP contribution in [0.3, 0.4) is 0 Å². The number of carbonyl (C=O) groups is 2. The van der Waals surface area contributed by atoms with Gasteiger partial charge < -0.3 is 10.6 Å². The van der Waals surface area contributed by atoms with E-state index in [0.717, 1.165) is 15.7 Å². The minimum absolute atomic E-state index is 0.190. The van der Waals surface area contributed by atoms with E-state index >= 15 is 0 Å². The number of carbonyl (C=O) groups excluding carboxylic acids is 2. The molecule has 0 saturated heterocycles. The zero-order valence-corrected chi connectivity index (χ0v) is 16.8. The van der Waals surface area contributed by atoms with Crippen LogP contribution in [0.25, 0.3) is 0 Å². The van der Waals surface area contributed by atoms with Crippen molar-refractivity contribution in [3.63, 3.8) is 0 Å². The summed E-state index contributed by atoms with van der Waals surface area (Å²) in [5.41, 5.74) is -1.13. The zero-order chi connectivity index (χ0) is 21.0. The van der Waals surface area contributed by atoms with Crippen LogP contribution < -0.4 is 10.6 Å². The van der Waals surface area contributed by atoms with Crippen molar-refractivity contribution in [3.8, 4) is 0 Å². The molecule has 2 aromatic carbocycles. The van der Waals surface area contributed by atoms with E-state index in [9.17, 15) is 22.8 Å². The monoisotopic (exact) mass is 511 g/mol. The molecule has 148 valence electrons. The summed E-state index contributed by atoms with van der Waals surface area (Å²) < 4.78 is 40.2. The first-order valence-corrected chi connectivity index (χ1v) is 9.32. The second-order valence-electron chi connectivity index (χ2n) is 5.89. The molecule has 1 aromatic heterocycles. The van der Waals surface area contributed by atoms with Crippen LogP contribution in [0, 0.1) is 3.57 Å². The number of halogens is 4. The van der Waals surface area contributed by atoms with E-state index in [1.165, 1.54) is 36.4 Å². The number of nitrogens with zero attached hydrogens (tertiary/aromatic N) is 1. The van der Waals surface area contributed by atoms with Crippen molar-refractivity contribution >= 4 is 45.9 Å². The first kappa shape index (κ1) is 20.8. The molecule has 29 heavy (non-hydrogen) atoms. The molecule has 0 bridgehead atoms. The first-order valence-electron chi connectivity index (χ1n) is 8.24. The molecular formula is C20H13F3IN3O2. The fraction of sp³-hybridized carbons (Fsp3) is 0.0500. The third-order valence-corrected chi connectivity index (χ3v) is 4.47. The number of hydrogen-bond donors (Lipinski definition) is 2. The van der Waals surface area contributed by atoms with E-state index in [1.54, 1.807) is 18.3 Å². The van der Waals surface area contributed by atoms with Gasteiger partial charge in [-0.3, -0.25) is 9.59 Å². The summed E-state index contributed by atoms with van der Waals surface area (Å²) in [5, 5.41) is 5.01. The van der Waals surface area contributed by atoms with Gasteiger partial charge in [0.2, 0.25) is 0 Å². The topological polar surface area (TPSA) is 71.1 Å². The highest BCUT2D eigenvalue weighted by Crippen LogP contribution is 2.32. The third-order valence-electron chi connectivity index (χ3n) is 3.83. The van der Waals surface area contributed by atoms with Crippen molar-refractivity contribution in [1.29, 1.82) is 0 Å². The van der Waals surface area contributed by atoms with Crippen LogP contribution in [0.2, 0.25) is 0 Å². The van der Waals surface area contributed by atoms with Crippen LogP contribution in [-0.4, -0.2) is 16.8 Å². The highest BCUT2D eigenvalue weighted by molar-refractivity contribution is 14.1. The van der Waals surface area contributed by atoms with Crippen LogP contribution in [0.1, 0.15) is 26.3 Å². The summed E-state index contributed by atoms with van der Waals surface area (Å²) in [4.78, 5) is 28.8. The Morgan fingerprint density at radius 2 is 1.66 bits per heavy atom. The molecule has 0 spiro atoms. The Morgan fingerprint density at radius 3 is 2.34 bits per heavy atom. The Balaban J connectivity index is 1.77. The molecule has 1 heterocycles. The second kappa shape index (κ2) is 8.60. The standard InChI is InChI=1S/C20H13F3IN3O2/c21-20(22,23)16-7-2-1-6-15(16)19(29)26-14-5-3-4-12(10-14)18(28)27-17-9-8-13(24)11-25-17/h1-11H,(H,26,29)(H,25,27,28). The van der Waals surface area contributed by atoms with E-state index in [-0.39, 0.29) is 11.3 Å². The number of amides is 2. The molecule has 0 fully saturated rings. The zero-order valence-electron chi connectivity index (χ0n) is 14.6. The SMILES string of the molecule is O=C(Nc1ccc(I)cn1)c1cccc(NC(=O)c2ccccc2C(F)(F)F)c1. The number of aromatic nitrogens is 1. The molecule has 0 aliphatic heterocycles. The predicted molar refractivity (Wildman–Crippen MR) is 111 cm³/mol. The maximum absolute atomic E-state index is 13.1. The summed E-state index contributed by atoms with van der Waals surface area (Å²) in [6.45, 7) is 0. The van der Waals surface area contributed by atoms with Gasteiger partial charge in [0.1, 0.15) is 5.82 Å². The fourth-order valence-electron chi connectivity index (χ4n) is 2.50. The van der Waals surface area contributed by atoms with Crippen LogP contribution >= 0.6 is 22.6 Å². The van der Waals surface area contributed by atoms with Crippen molar-refractivity contribution in [3.05, 3.63) is 87.1 Å². The maximum atomic E-state index is 13.1. The lowest BCUT2D eigenvalue weighted by atomic mass is 10.1. The Kier molecular flexibility index (Phi) is 6.16. The smallest absolute Gasteiger partial charge is 0.322 e. The van der Waals surface area contributed by atoms with E-state index < -0.39 is 29.1 Å². The van der Waals surface area contributed by atoms with Crippen molar-refractivity contribution < 1.29 is 22.8 Å². The normalized spacial score (nSPS) is 11.0. The van der Waals surface area contributed by atoms with E-state index in [4.69, 9.17) is 0 Å². The number of rotatable bonds is 4. The Labute approximate surface area is 177 Å². The average Bonchev–Trinajstić information content (AvgIpc) is 2.69. The van der Waals surface area contributed by atoms with Gasteiger partial charge in [-0.25, -0.2) is 4.98 Å². The number of nitrogens with one attached hydrogen (secondary N) is 2. The lowest BCUT2D eigenvalue weighted by Gasteiger charge is -2.13. The number of alkyl halides is 3. The van der Waals surface area contributed by atoms with Crippen molar-refractivity contribution in [1.82, 2.24) is 4.98 Å². The molecule has 0 aliphatic carbocycles. The van der Waals surface area contributed by atoms with E-state index in [0.29, 0.717) is 5.82 Å². The minimum Gasteiger partial charge on any atom is -0.322 e. The first-order chi connectivity index (χ1) is 13.7. The summed E-state index contributed by atoms with van der Waals surface area (Å²) >= 11 is 2.08. The molecule has 2 N–H and O–H groups in total. The van der Waals surface area contributed by atoms with Crippen LogP contribution in [0.5, 0.6) is 0 Å². The maximum Gasteiger partial charge on any atom is 0.417 e. The van der Waals surface area contributed by atoms with Crippen molar-refractivity contribution in [2.75, 3.05) is 10.6 Å². The van der Waals surface area contributed by atoms with Crippen LogP contribution in [0.15, 0.2) is 66.9 Å². The van der Waals surface area contributed by atoms with Gasteiger partial charge >= 0.3 is 6.18 Å². The van der Waals surface area contributed by atoms with Gasteiger partial charge in [-0.1, -0.05) is 18.2 Å². The van der Waals surface area contributed by atoms with E-state index in [1.807, 2.05) is 0 Å². The van der Waals surface area contributed by atoms with Crippen molar-refractivity contribution in [2.24, 2.45) is 0 Å². The Morgan fingerprint density at radius 1 is 0.897 bits per heavy atom. The highest BCUT2D eigenvalue weighted by atomic mass is 127. The third kappa shape index (κ3) is 5.31. The molecular weight excluding hydrogens is 498 g/mol. The quantitative estimate of drug-likeness (QED) is 0.473. The van der Waals surface area contributed by atoms with Gasteiger partial charge in [0.25, 0.3) is 11.8 Å². The Bertz CT molecular complexity index is 1050. The molecule has 0 saturated carbocycles. The number of anilines is 2. The van der Waals surface area contributed by atoms with Gasteiger partial charge in [0.15, 0.2) is 0 Å². The predicted octanol–water partition coefficient (Wildman–Crippen LogP) is 5.21. The molecule has 0 atom stereocenters. The van der Waals surface area contributed by atoms with Gasteiger partial charge in [0.05, 0.1) is 11.1 Å². The molecule has 0 radical (unpaired) electrons. The van der Waals surface area contributed by atoms with Crippen LogP contribution in [-0.2, 0) is 6.18 Å². The molecule has 0 unspecified atom stereocenters. The summed E-state index contributed by atoms with van der Waals surface area (Å²) in [7, 11) is 0.